The number of ether oxygens (including phenoxy) is 2. The van der Waals surface area contributed by atoms with E-state index in [1.54, 1.807) is 12.1 Å². The second-order valence-electron chi connectivity index (χ2n) is 6.23. The summed E-state index contributed by atoms with van der Waals surface area (Å²) < 4.78 is 11.0. The Morgan fingerprint density at radius 3 is 2.44 bits per heavy atom. The number of rotatable bonds is 8. The Hall–Kier alpha value is -2.44. The van der Waals surface area contributed by atoms with Crippen molar-refractivity contribution >= 4 is 28.9 Å². The molecule has 0 spiro atoms. The molecule has 0 unspecified atom stereocenters. The van der Waals surface area contributed by atoms with Crippen molar-refractivity contribution in [3.8, 4) is 5.75 Å². The third-order valence-electron chi connectivity index (χ3n) is 3.89. The number of hydrogen-bond acceptors (Lipinski definition) is 4. The van der Waals surface area contributed by atoms with Gasteiger partial charge in [-0.1, -0.05) is 38.1 Å². The molecule has 0 aliphatic rings. The van der Waals surface area contributed by atoms with Gasteiger partial charge in [0.25, 0.3) is 5.91 Å². The lowest BCUT2D eigenvalue weighted by atomic mass is 10.0. The fraction of sp³-hybridized carbons (Fsp3) is 0.333. The summed E-state index contributed by atoms with van der Waals surface area (Å²) in [6.45, 7) is 7.76. The van der Waals surface area contributed by atoms with Crippen LogP contribution in [0.2, 0.25) is 0 Å². The van der Waals surface area contributed by atoms with E-state index in [2.05, 4.69) is 24.5 Å². The smallest absolute Gasteiger partial charge is 0.257 e. The summed E-state index contributed by atoms with van der Waals surface area (Å²) in [5.41, 5.74) is 2.43. The second-order valence-corrected chi connectivity index (χ2v) is 6.63. The maximum absolute atomic E-state index is 12.4. The molecule has 2 rings (SSSR count). The number of hydrogen-bond donors (Lipinski definition) is 2. The van der Waals surface area contributed by atoms with Crippen molar-refractivity contribution in [2.75, 3.05) is 25.1 Å². The monoisotopic (exact) mass is 386 g/mol. The van der Waals surface area contributed by atoms with Crippen molar-refractivity contribution in [1.82, 2.24) is 5.32 Å². The molecule has 0 aliphatic carbocycles. The average Bonchev–Trinajstić information content (AvgIpc) is 2.66. The van der Waals surface area contributed by atoms with Gasteiger partial charge < -0.3 is 14.8 Å². The third kappa shape index (κ3) is 6.66. The molecule has 2 aromatic carbocycles. The minimum absolute atomic E-state index is 0.216. The summed E-state index contributed by atoms with van der Waals surface area (Å²) in [6, 6.07) is 14.9. The van der Waals surface area contributed by atoms with Crippen LogP contribution in [-0.2, 0) is 4.74 Å². The van der Waals surface area contributed by atoms with Crippen LogP contribution < -0.4 is 15.4 Å². The van der Waals surface area contributed by atoms with Crippen molar-refractivity contribution in [2.24, 2.45) is 0 Å². The molecule has 5 nitrogen and oxygen atoms in total. The van der Waals surface area contributed by atoms with Crippen LogP contribution in [0.4, 0.5) is 5.69 Å². The summed E-state index contributed by atoms with van der Waals surface area (Å²) in [6.07, 6.45) is 0. The molecule has 1 amide bonds. The van der Waals surface area contributed by atoms with E-state index in [4.69, 9.17) is 21.7 Å². The summed E-state index contributed by atoms with van der Waals surface area (Å²) in [7, 11) is 0. The van der Waals surface area contributed by atoms with Crippen LogP contribution in [0.1, 0.15) is 42.6 Å². The molecule has 0 saturated carbocycles. The number of thiocarbonyl (C=S) groups is 1. The van der Waals surface area contributed by atoms with Crippen molar-refractivity contribution in [2.45, 2.75) is 26.7 Å². The average molecular weight is 387 g/mol. The highest BCUT2D eigenvalue weighted by atomic mass is 32.1. The quantitative estimate of drug-likeness (QED) is 0.522. The Morgan fingerprint density at radius 2 is 1.78 bits per heavy atom. The van der Waals surface area contributed by atoms with E-state index in [1.165, 1.54) is 5.56 Å². The van der Waals surface area contributed by atoms with Crippen LogP contribution in [0.5, 0.6) is 5.75 Å². The zero-order valence-electron chi connectivity index (χ0n) is 16.0. The van der Waals surface area contributed by atoms with E-state index in [-0.39, 0.29) is 11.0 Å². The predicted molar refractivity (Wildman–Crippen MR) is 113 cm³/mol. The highest BCUT2D eigenvalue weighted by molar-refractivity contribution is 7.80. The molecular formula is C21H26N2O3S. The lowest BCUT2D eigenvalue weighted by Crippen LogP contribution is -2.34. The van der Waals surface area contributed by atoms with Crippen LogP contribution in [-0.4, -0.2) is 30.8 Å². The predicted octanol–water partition coefficient (Wildman–Crippen LogP) is 4.35. The summed E-state index contributed by atoms with van der Waals surface area (Å²) in [4.78, 5) is 12.4. The second kappa shape index (κ2) is 10.6. The number of amides is 1. The van der Waals surface area contributed by atoms with Crippen LogP contribution in [0.25, 0.3) is 0 Å². The Balaban J connectivity index is 1.94. The zero-order valence-corrected chi connectivity index (χ0v) is 16.8. The molecule has 0 aromatic heterocycles. The van der Waals surface area contributed by atoms with Gasteiger partial charge in [0.15, 0.2) is 5.11 Å². The minimum atomic E-state index is -0.252. The fourth-order valence-electron chi connectivity index (χ4n) is 2.40. The van der Waals surface area contributed by atoms with E-state index in [9.17, 15) is 4.79 Å². The van der Waals surface area contributed by atoms with E-state index < -0.39 is 0 Å². The summed E-state index contributed by atoms with van der Waals surface area (Å²) in [5.74, 6) is 0.816. The molecule has 0 heterocycles. The first-order valence-corrected chi connectivity index (χ1v) is 9.44. The highest BCUT2D eigenvalue weighted by Gasteiger charge is 2.10. The van der Waals surface area contributed by atoms with E-state index in [0.717, 1.165) is 0 Å². The molecule has 144 valence electrons. The first kappa shape index (κ1) is 20.9. The van der Waals surface area contributed by atoms with E-state index in [0.29, 0.717) is 42.7 Å². The molecular weight excluding hydrogens is 360 g/mol. The van der Waals surface area contributed by atoms with E-state index >= 15 is 0 Å². The Labute approximate surface area is 166 Å². The van der Waals surface area contributed by atoms with Gasteiger partial charge in [0.1, 0.15) is 12.4 Å². The Morgan fingerprint density at radius 1 is 1.07 bits per heavy atom. The molecule has 0 atom stereocenters. The largest absolute Gasteiger partial charge is 0.489 e. The van der Waals surface area contributed by atoms with Gasteiger partial charge in [-0.05, 0) is 54.9 Å². The van der Waals surface area contributed by atoms with Gasteiger partial charge >= 0.3 is 0 Å². The number of nitrogens with one attached hydrogen (secondary N) is 2. The van der Waals surface area contributed by atoms with Gasteiger partial charge in [-0.2, -0.15) is 0 Å². The molecule has 0 fully saturated rings. The number of para-hydroxylation sites is 2. The lowest BCUT2D eigenvalue weighted by molar-refractivity contribution is 0.0977. The lowest BCUT2D eigenvalue weighted by Gasteiger charge is -2.14. The zero-order chi connectivity index (χ0) is 19.6. The van der Waals surface area contributed by atoms with Crippen molar-refractivity contribution in [3.63, 3.8) is 0 Å². The standard InChI is InChI=1S/C21H26N2O3S/c1-4-25-13-14-26-19-8-6-5-7-18(19)22-21(27)23-20(24)17-11-9-16(10-12-17)15(2)3/h5-12,15H,4,13-14H2,1-3H3,(H2,22,23,24,27). The molecule has 6 heteroatoms. The fourth-order valence-corrected chi connectivity index (χ4v) is 2.60. The maximum atomic E-state index is 12.4. The van der Waals surface area contributed by atoms with Crippen molar-refractivity contribution in [1.29, 1.82) is 0 Å². The van der Waals surface area contributed by atoms with Gasteiger partial charge in [-0.15, -0.1) is 0 Å². The molecule has 27 heavy (non-hydrogen) atoms. The van der Waals surface area contributed by atoms with Gasteiger partial charge in [-0.25, -0.2) is 0 Å². The molecule has 2 aromatic rings. The first-order valence-electron chi connectivity index (χ1n) is 9.03. The first-order chi connectivity index (χ1) is 13.0. The topological polar surface area (TPSA) is 59.6 Å². The number of benzene rings is 2. The number of carbonyl (C=O) groups excluding carboxylic acids is 1. The van der Waals surface area contributed by atoms with Gasteiger partial charge in [-0.3, -0.25) is 10.1 Å². The SMILES string of the molecule is CCOCCOc1ccccc1NC(=S)NC(=O)c1ccc(C(C)C)cc1. The van der Waals surface area contributed by atoms with Crippen LogP contribution >= 0.6 is 12.2 Å². The van der Waals surface area contributed by atoms with Gasteiger partial charge in [0, 0.05) is 12.2 Å². The molecule has 0 aliphatic heterocycles. The van der Waals surface area contributed by atoms with E-state index in [1.807, 2.05) is 43.3 Å². The minimum Gasteiger partial charge on any atom is -0.489 e. The van der Waals surface area contributed by atoms with Gasteiger partial charge in [0.05, 0.1) is 12.3 Å². The molecule has 0 bridgehead atoms. The van der Waals surface area contributed by atoms with Gasteiger partial charge in [0.2, 0.25) is 0 Å². The van der Waals surface area contributed by atoms with Crippen molar-refractivity contribution < 1.29 is 14.3 Å². The summed E-state index contributed by atoms with van der Waals surface area (Å²) in [5, 5.41) is 5.93. The normalized spacial score (nSPS) is 10.5. The highest BCUT2D eigenvalue weighted by Crippen LogP contribution is 2.23. The van der Waals surface area contributed by atoms with Crippen LogP contribution in [0.3, 0.4) is 0 Å². The maximum Gasteiger partial charge on any atom is 0.257 e. The molecule has 0 radical (unpaired) electrons. The number of carbonyl (C=O) groups is 1. The molecule has 0 saturated heterocycles. The summed E-state index contributed by atoms with van der Waals surface area (Å²) >= 11 is 5.27. The van der Waals surface area contributed by atoms with Crippen molar-refractivity contribution in [3.05, 3.63) is 59.7 Å². The Kier molecular flexibility index (Phi) is 8.23. The molecule has 2 N–H and O–H groups in total. The number of anilines is 1. The van der Waals surface area contributed by atoms with Crippen LogP contribution in [0.15, 0.2) is 48.5 Å². The van der Waals surface area contributed by atoms with Crippen LogP contribution in [0, 0.1) is 0 Å². The third-order valence-corrected chi connectivity index (χ3v) is 4.10. The Bertz CT molecular complexity index is 760.